The number of carbonyl (C=O) groups excluding carboxylic acids is 1. The molecular weight excluding hydrogens is 268 g/mol. The van der Waals surface area contributed by atoms with E-state index in [1.54, 1.807) is 0 Å². The number of benzene rings is 1. The molecule has 0 heterocycles. The van der Waals surface area contributed by atoms with Gasteiger partial charge in [0.05, 0.1) is 6.61 Å². The van der Waals surface area contributed by atoms with E-state index in [1.165, 1.54) is 13.0 Å². The third kappa shape index (κ3) is 6.56. The second kappa shape index (κ2) is 8.74. The van der Waals surface area contributed by atoms with Crippen molar-refractivity contribution in [2.24, 2.45) is 0 Å². The summed E-state index contributed by atoms with van der Waals surface area (Å²) in [7, 11) is 0. The van der Waals surface area contributed by atoms with E-state index >= 15 is 0 Å². The Morgan fingerprint density at radius 1 is 1.29 bits per heavy atom. The molecule has 1 N–H and O–H groups in total. The Kier molecular flexibility index (Phi) is 6.95. The van der Waals surface area contributed by atoms with Gasteiger partial charge in [-0.1, -0.05) is 43.0 Å². The molecule has 4 nitrogen and oxygen atoms in total. The number of hydrogen-bond donors (Lipinski definition) is 1. The number of esters is 1. The number of aryl methyl sites for hydroxylation is 1. The smallest absolute Gasteiger partial charge is 0.333 e. The highest BCUT2D eigenvalue weighted by Crippen LogP contribution is 2.09. The summed E-state index contributed by atoms with van der Waals surface area (Å²) in [4.78, 5) is 22.2. The first-order valence-corrected chi connectivity index (χ1v) is 6.79. The van der Waals surface area contributed by atoms with Crippen molar-refractivity contribution in [2.45, 2.75) is 26.2 Å². The van der Waals surface area contributed by atoms with Crippen LogP contribution in [0.15, 0.2) is 54.1 Å². The van der Waals surface area contributed by atoms with Crippen molar-refractivity contribution in [2.75, 3.05) is 6.61 Å². The summed E-state index contributed by atoms with van der Waals surface area (Å²) in [5.41, 5.74) is 1.82. The normalized spacial score (nSPS) is 11.0. The number of rotatable bonds is 8. The maximum Gasteiger partial charge on any atom is 0.333 e. The highest BCUT2D eigenvalue weighted by molar-refractivity contribution is 5.87. The van der Waals surface area contributed by atoms with Gasteiger partial charge in [-0.2, -0.15) is 0 Å². The maximum atomic E-state index is 11.7. The molecule has 0 bridgehead atoms. The standard InChI is InChI=1S/C17H20O4/c1-13(16(18)19)7-6-12-21-17(20)14(2)10-11-15-8-4-3-5-9-15/h3-5,7-9H,2,6,10-12H2,1H3,(H,18,19). The summed E-state index contributed by atoms with van der Waals surface area (Å²) in [5, 5.41) is 8.67. The molecule has 0 unspecified atom stereocenters. The van der Waals surface area contributed by atoms with Crippen LogP contribution in [0.2, 0.25) is 0 Å². The molecule has 112 valence electrons. The van der Waals surface area contributed by atoms with E-state index in [4.69, 9.17) is 9.84 Å². The number of carboxylic acid groups (broad SMARTS) is 1. The number of carboxylic acids is 1. The quantitative estimate of drug-likeness (QED) is 0.453. The van der Waals surface area contributed by atoms with Gasteiger partial charge in [-0.25, -0.2) is 9.59 Å². The van der Waals surface area contributed by atoms with Crippen molar-refractivity contribution in [1.82, 2.24) is 0 Å². The Labute approximate surface area is 124 Å². The lowest BCUT2D eigenvalue weighted by molar-refractivity contribution is -0.139. The van der Waals surface area contributed by atoms with Crippen molar-refractivity contribution in [3.8, 4) is 0 Å². The van der Waals surface area contributed by atoms with Gasteiger partial charge in [0, 0.05) is 17.6 Å². The van der Waals surface area contributed by atoms with Crippen LogP contribution in [0.4, 0.5) is 0 Å². The number of aliphatic carboxylic acids is 1. The summed E-state index contributed by atoms with van der Waals surface area (Å²) in [6.45, 7) is 5.39. The van der Waals surface area contributed by atoms with Crippen molar-refractivity contribution in [1.29, 1.82) is 0 Å². The Morgan fingerprint density at radius 2 is 1.95 bits per heavy atom. The highest BCUT2D eigenvalue weighted by atomic mass is 16.5. The molecule has 0 aliphatic heterocycles. The molecule has 0 saturated heterocycles. The second-order valence-electron chi connectivity index (χ2n) is 4.71. The van der Waals surface area contributed by atoms with E-state index in [-0.39, 0.29) is 12.2 Å². The molecule has 21 heavy (non-hydrogen) atoms. The molecule has 0 radical (unpaired) electrons. The van der Waals surface area contributed by atoms with Crippen molar-refractivity contribution in [3.05, 3.63) is 59.7 Å². The van der Waals surface area contributed by atoms with Crippen LogP contribution in [-0.4, -0.2) is 23.7 Å². The van der Waals surface area contributed by atoms with Crippen LogP contribution in [0.5, 0.6) is 0 Å². The lowest BCUT2D eigenvalue weighted by Gasteiger charge is -2.06. The SMILES string of the molecule is C=C(CCc1ccccc1)C(=O)OCCC=C(C)C(=O)O. The fourth-order valence-electron chi connectivity index (χ4n) is 1.66. The second-order valence-corrected chi connectivity index (χ2v) is 4.71. The van der Waals surface area contributed by atoms with Gasteiger partial charge in [0.1, 0.15) is 0 Å². The summed E-state index contributed by atoms with van der Waals surface area (Å²) in [6, 6.07) is 9.84. The van der Waals surface area contributed by atoms with Gasteiger partial charge in [-0.3, -0.25) is 0 Å². The third-order valence-corrected chi connectivity index (χ3v) is 2.99. The zero-order chi connectivity index (χ0) is 15.7. The van der Waals surface area contributed by atoms with Crippen LogP contribution in [0.25, 0.3) is 0 Å². The lowest BCUT2D eigenvalue weighted by atomic mass is 10.1. The number of carbonyl (C=O) groups is 2. The Morgan fingerprint density at radius 3 is 2.57 bits per heavy atom. The maximum absolute atomic E-state index is 11.7. The summed E-state index contributed by atoms with van der Waals surface area (Å²) in [5.74, 6) is -1.39. The van der Waals surface area contributed by atoms with E-state index < -0.39 is 11.9 Å². The van der Waals surface area contributed by atoms with Crippen LogP contribution >= 0.6 is 0 Å². The Balaban J connectivity index is 2.27. The molecule has 0 fully saturated rings. The van der Waals surface area contributed by atoms with Crippen molar-refractivity contribution < 1.29 is 19.4 Å². The number of hydrogen-bond acceptors (Lipinski definition) is 3. The molecule has 1 rings (SSSR count). The Hall–Kier alpha value is -2.36. The van der Waals surface area contributed by atoms with E-state index in [0.717, 1.165) is 12.0 Å². The molecule has 0 aliphatic rings. The van der Waals surface area contributed by atoms with Gasteiger partial charge >= 0.3 is 11.9 Å². The van der Waals surface area contributed by atoms with Crippen LogP contribution in [0.3, 0.4) is 0 Å². The molecular formula is C17H20O4. The van der Waals surface area contributed by atoms with Gasteiger partial charge < -0.3 is 9.84 Å². The lowest BCUT2D eigenvalue weighted by Crippen LogP contribution is -2.09. The first kappa shape index (κ1) is 16.7. The van der Waals surface area contributed by atoms with E-state index in [9.17, 15) is 9.59 Å². The largest absolute Gasteiger partial charge is 0.478 e. The fraction of sp³-hybridized carbons (Fsp3) is 0.294. The molecule has 0 atom stereocenters. The zero-order valence-corrected chi connectivity index (χ0v) is 12.2. The molecule has 4 heteroatoms. The van der Waals surface area contributed by atoms with E-state index in [1.807, 2.05) is 30.3 Å². The summed E-state index contributed by atoms with van der Waals surface area (Å²) >= 11 is 0. The predicted molar refractivity (Wildman–Crippen MR) is 80.9 cm³/mol. The molecule has 0 aromatic heterocycles. The van der Waals surface area contributed by atoms with E-state index in [2.05, 4.69) is 6.58 Å². The topological polar surface area (TPSA) is 63.6 Å². The van der Waals surface area contributed by atoms with Gasteiger partial charge in [0.15, 0.2) is 0 Å². The summed E-state index contributed by atoms with van der Waals surface area (Å²) in [6.07, 6.45) is 3.21. The zero-order valence-electron chi connectivity index (χ0n) is 12.2. The molecule has 0 spiro atoms. The molecule has 1 aromatic rings. The minimum absolute atomic E-state index is 0.161. The van der Waals surface area contributed by atoms with Crippen molar-refractivity contribution >= 4 is 11.9 Å². The van der Waals surface area contributed by atoms with Crippen LogP contribution in [-0.2, 0) is 20.7 Å². The average molecular weight is 288 g/mol. The molecule has 0 amide bonds. The fourth-order valence-corrected chi connectivity index (χ4v) is 1.66. The van der Waals surface area contributed by atoms with Gasteiger partial charge in [0.2, 0.25) is 0 Å². The first-order chi connectivity index (χ1) is 10.0. The summed E-state index contributed by atoms with van der Waals surface area (Å²) < 4.78 is 5.05. The van der Waals surface area contributed by atoms with E-state index in [0.29, 0.717) is 18.4 Å². The van der Waals surface area contributed by atoms with Gasteiger partial charge in [0.25, 0.3) is 0 Å². The molecule has 1 aromatic carbocycles. The monoisotopic (exact) mass is 288 g/mol. The first-order valence-electron chi connectivity index (χ1n) is 6.79. The minimum Gasteiger partial charge on any atom is -0.478 e. The molecule has 0 aliphatic carbocycles. The minimum atomic E-state index is -0.964. The highest BCUT2D eigenvalue weighted by Gasteiger charge is 2.08. The van der Waals surface area contributed by atoms with Crippen LogP contribution in [0, 0.1) is 0 Å². The Bertz CT molecular complexity index is 529. The van der Waals surface area contributed by atoms with Gasteiger partial charge in [-0.05, 0) is 25.3 Å². The van der Waals surface area contributed by atoms with Gasteiger partial charge in [-0.15, -0.1) is 0 Å². The average Bonchev–Trinajstić information content (AvgIpc) is 2.49. The number of ether oxygens (including phenoxy) is 1. The molecule has 0 saturated carbocycles. The van der Waals surface area contributed by atoms with Crippen LogP contribution in [0.1, 0.15) is 25.3 Å². The van der Waals surface area contributed by atoms with Crippen LogP contribution < -0.4 is 0 Å². The third-order valence-electron chi connectivity index (χ3n) is 2.99. The predicted octanol–water partition coefficient (Wildman–Crippen LogP) is 3.14. The van der Waals surface area contributed by atoms with Crippen molar-refractivity contribution in [3.63, 3.8) is 0 Å².